The van der Waals surface area contributed by atoms with Gasteiger partial charge in [-0.25, -0.2) is 9.78 Å². The van der Waals surface area contributed by atoms with Gasteiger partial charge in [0.2, 0.25) is 5.91 Å². The van der Waals surface area contributed by atoms with Crippen LogP contribution in [0.15, 0.2) is 30.3 Å². The van der Waals surface area contributed by atoms with Crippen LogP contribution >= 0.6 is 0 Å². The Morgan fingerprint density at radius 2 is 2.00 bits per heavy atom. The van der Waals surface area contributed by atoms with E-state index in [2.05, 4.69) is 15.6 Å². The van der Waals surface area contributed by atoms with Crippen molar-refractivity contribution in [1.82, 2.24) is 10.3 Å². The highest BCUT2D eigenvalue weighted by atomic mass is 16.4. The highest BCUT2D eigenvalue weighted by Crippen LogP contribution is 2.20. The second-order valence-corrected chi connectivity index (χ2v) is 4.95. The smallest absolute Gasteiger partial charge is 0.336 e. The number of fused-ring (bicyclic) bond motifs is 1. The maximum atomic E-state index is 11.6. The Morgan fingerprint density at radius 1 is 1.29 bits per heavy atom. The fraction of sp³-hybridized carbons (Fsp3) is 0.267. The highest BCUT2D eigenvalue weighted by Gasteiger charge is 2.12. The van der Waals surface area contributed by atoms with Gasteiger partial charge < -0.3 is 15.7 Å². The summed E-state index contributed by atoms with van der Waals surface area (Å²) >= 11 is 0. The predicted molar refractivity (Wildman–Crippen MR) is 80.5 cm³/mol. The number of amides is 1. The lowest BCUT2D eigenvalue weighted by Gasteiger charge is -2.11. The first-order chi connectivity index (χ1) is 9.97. The summed E-state index contributed by atoms with van der Waals surface area (Å²) in [6, 6.07) is 8.49. The zero-order chi connectivity index (χ0) is 15.4. The highest BCUT2D eigenvalue weighted by molar-refractivity contribution is 6.03. The second-order valence-electron chi connectivity index (χ2n) is 4.95. The van der Waals surface area contributed by atoms with E-state index in [1.165, 1.54) is 6.07 Å². The Bertz CT molecular complexity index is 683. The molecule has 0 fully saturated rings. The fourth-order valence-electron chi connectivity index (χ4n) is 1.99. The number of aromatic nitrogens is 1. The van der Waals surface area contributed by atoms with E-state index in [1.54, 1.807) is 24.3 Å². The molecule has 1 aromatic carbocycles. The van der Waals surface area contributed by atoms with Gasteiger partial charge >= 0.3 is 5.97 Å². The molecule has 1 aromatic heterocycles. The number of carbonyl (C=O) groups is 2. The van der Waals surface area contributed by atoms with Gasteiger partial charge in [-0.15, -0.1) is 0 Å². The van der Waals surface area contributed by atoms with Crippen LogP contribution in [0.1, 0.15) is 24.2 Å². The number of anilines is 1. The van der Waals surface area contributed by atoms with Crippen molar-refractivity contribution < 1.29 is 14.7 Å². The molecule has 3 N–H and O–H groups in total. The molecule has 1 amide bonds. The van der Waals surface area contributed by atoms with E-state index in [1.807, 2.05) is 13.8 Å². The van der Waals surface area contributed by atoms with Crippen LogP contribution < -0.4 is 10.6 Å². The number of aromatic carboxylic acids is 1. The molecule has 0 atom stereocenters. The number of nitrogens with one attached hydrogen (secondary N) is 2. The zero-order valence-electron chi connectivity index (χ0n) is 11.9. The third-order valence-corrected chi connectivity index (χ3v) is 2.83. The van der Waals surface area contributed by atoms with E-state index in [0.29, 0.717) is 16.7 Å². The SMILES string of the molecule is CC(C)NC(=O)CNc1cc(C(=O)O)c2ccccc2n1. The molecular formula is C15H17N3O3. The van der Waals surface area contributed by atoms with Crippen molar-refractivity contribution >= 4 is 28.6 Å². The van der Waals surface area contributed by atoms with Crippen molar-refractivity contribution in [1.29, 1.82) is 0 Å². The minimum absolute atomic E-state index is 0.0442. The molecule has 2 rings (SSSR count). The molecule has 0 aliphatic carbocycles. The number of carboxylic acids is 1. The first-order valence-electron chi connectivity index (χ1n) is 6.63. The number of rotatable bonds is 5. The Labute approximate surface area is 122 Å². The summed E-state index contributed by atoms with van der Waals surface area (Å²) in [5, 5.41) is 15.4. The number of para-hydroxylation sites is 1. The van der Waals surface area contributed by atoms with Crippen LogP contribution in [0.4, 0.5) is 5.82 Å². The molecule has 0 saturated heterocycles. The number of benzene rings is 1. The summed E-state index contributed by atoms with van der Waals surface area (Å²) in [6.45, 7) is 3.78. The Balaban J connectivity index is 2.25. The largest absolute Gasteiger partial charge is 0.478 e. The molecule has 0 spiro atoms. The van der Waals surface area contributed by atoms with Gasteiger partial charge in [0.05, 0.1) is 17.6 Å². The van der Waals surface area contributed by atoms with Gasteiger partial charge in [0.25, 0.3) is 0 Å². The van der Waals surface area contributed by atoms with Crippen LogP contribution in [0.25, 0.3) is 10.9 Å². The average Bonchev–Trinajstić information content (AvgIpc) is 2.43. The number of pyridine rings is 1. The molecule has 0 bridgehead atoms. The van der Waals surface area contributed by atoms with Crippen LogP contribution in [-0.2, 0) is 4.79 Å². The van der Waals surface area contributed by atoms with E-state index >= 15 is 0 Å². The first-order valence-corrected chi connectivity index (χ1v) is 6.63. The van der Waals surface area contributed by atoms with Crippen LogP contribution in [0.5, 0.6) is 0 Å². The Kier molecular flexibility index (Phi) is 4.37. The van der Waals surface area contributed by atoms with Crippen molar-refractivity contribution in [3.8, 4) is 0 Å². The summed E-state index contributed by atoms with van der Waals surface area (Å²) < 4.78 is 0. The molecule has 6 heteroatoms. The fourth-order valence-corrected chi connectivity index (χ4v) is 1.99. The van der Waals surface area contributed by atoms with Crippen LogP contribution in [0.2, 0.25) is 0 Å². The van der Waals surface area contributed by atoms with Gasteiger partial charge in [-0.05, 0) is 26.0 Å². The maximum absolute atomic E-state index is 11.6. The summed E-state index contributed by atoms with van der Waals surface area (Å²) in [7, 11) is 0. The predicted octanol–water partition coefficient (Wildman–Crippen LogP) is 1.87. The minimum Gasteiger partial charge on any atom is -0.478 e. The van der Waals surface area contributed by atoms with Crippen LogP contribution in [-0.4, -0.2) is 34.6 Å². The van der Waals surface area contributed by atoms with E-state index in [-0.39, 0.29) is 24.1 Å². The average molecular weight is 287 g/mol. The number of carboxylic acid groups (broad SMARTS) is 1. The first kappa shape index (κ1) is 14.8. The van der Waals surface area contributed by atoms with Crippen LogP contribution in [0.3, 0.4) is 0 Å². The van der Waals surface area contributed by atoms with Gasteiger partial charge in [-0.2, -0.15) is 0 Å². The molecule has 0 saturated carbocycles. The molecule has 6 nitrogen and oxygen atoms in total. The van der Waals surface area contributed by atoms with Crippen molar-refractivity contribution in [2.24, 2.45) is 0 Å². The normalized spacial score (nSPS) is 10.6. The van der Waals surface area contributed by atoms with Gasteiger partial charge in [0.1, 0.15) is 5.82 Å². The number of carbonyl (C=O) groups excluding carboxylic acids is 1. The quantitative estimate of drug-likeness (QED) is 0.781. The molecule has 110 valence electrons. The minimum atomic E-state index is -1.02. The third-order valence-electron chi connectivity index (χ3n) is 2.83. The molecule has 21 heavy (non-hydrogen) atoms. The van der Waals surface area contributed by atoms with Crippen LogP contribution in [0, 0.1) is 0 Å². The lowest BCUT2D eigenvalue weighted by Crippen LogP contribution is -2.35. The summed E-state index contributed by atoms with van der Waals surface area (Å²) in [5.74, 6) is -0.829. The van der Waals surface area contributed by atoms with Crippen molar-refractivity contribution in [2.75, 3.05) is 11.9 Å². The Hall–Kier alpha value is -2.63. The van der Waals surface area contributed by atoms with Gasteiger partial charge in [-0.3, -0.25) is 4.79 Å². The lowest BCUT2D eigenvalue weighted by molar-refractivity contribution is -0.119. The van der Waals surface area contributed by atoms with E-state index in [4.69, 9.17) is 0 Å². The number of hydrogen-bond donors (Lipinski definition) is 3. The molecule has 0 unspecified atom stereocenters. The standard InChI is InChI=1S/C15H17N3O3/c1-9(2)17-14(19)8-16-13-7-11(15(20)21)10-5-3-4-6-12(10)18-13/h3-7,9H,8H2,1-2H3,(H,16,18)(H,17,19)(H,20,21). The monoisotopic (exact) mass is 287 g/mol. The van der Waals surface area contributed by atoms with Crippen molar-refractivity contribution in [3.63, 3.8) is 0 Å². The maximum Gasteiger partial charge on any atom is 0.336 e. The molecule has 1 heterocycles. The third kappa shape index (κ3) is 3.68. The summed E-state index contributed by atoms with van der Waals surface area (Å²) in [6.07, 6.45) is 0. The molecule has 0 radical (unpaired) electrons. The molecular weight excluding hydrogens is 270 g/mol. The van der Waals surface area contributed by atoms with E-state index < -0.39 is 5.97 Å². The van der Waals surface area contributed by atoms with Gasteiger partial charge in [0.15, 0.2) is 0 Å². The van der Waals surface area contributed by atoms with E-state index in [9.17, 15) is 14.7 Å². The van der Waals surface area contributed by atoms with Crippen molar-refractivity contribution in [3.05, 3.63) is 35.9 Å². The summed E-state index contributed by atoms with van der Waals surface area (Å²) in [4.78, 5) is 27.2. The lowest BCUT2D eigenvalue weighted by atomic mass is 10.1. The summed E-state index contributed by atoms with van der Waals surface area (Å²) in [5.41, 5.74) is 0.733. The van der Waals surface area contributed by atoms with Gasteiger partial charge in [0, 0.05) is 11.4 Å². The van der Waals surface area contributed by atoms with Crippen molar-refractivity contribution in [2.45, 2.75) is 19.9 Å². The second kappa shape index (κ2) is 6.21. The number of nitrogens with zero attached hydrogens (tertiary/aromatic N) is 1. The topological polar surface area (TPSA) is 91.3 Å². The molecule has 2 aromatic rings. The molecule has 0 aliphatic heterocycles. The molecule has 0 aliphatic rings. The van der Waals surface area contributed by atoms with Gasteiger partial charge in [-0.1, -0.05) is 18.2 Å². The van der Waals surface area contributed by atoms with E-state index in [0.717, 1.165) is 0 Å². The number of hydrogen-bond acceptors (Lipinski definition) is 4. The Morgan fingerprint density at radius 3 is 2.67 bits per heavy atom. The zero-order valence-corrected chi connectivity index (χ0v) is 11.9.